The quantitative estimate of drug-likeness (QED) is 0.816. The Kier molecular flexibility index (Phi) is 4.68. The average molecular weight is 281 g/mol. The highest BCUT2D eigenvalue weighted by molar-refractivity contribution is 5.88. The van der Waals surface area contributed by atoms with Crippen molar-refractivity contribution in [1.82, 2.24) is 15.1 Å². The molecule has 2 rings (SSSR count). The molecule has 2 fully saturated rings. The van der Waals surface area contributed by atoms with Crippen molar-refractivity contribution in [3.63, 3.8) is 0 Å². The molecule has 1 N–H and O–H groups in total. The molecule has 0 aliphatic carbocycles. The Labute approximate surface area is 121 Å². The molecule has 2 aliphatic rings. The van der Waals surface area contributed by atoms with Crippen molar-refractivity contribution in [1.29, 1.82) is 0 Å². The molecule has 114 valence electrons. The molecule has 2 amide bonds. The molecule has 0 saturated carbocycles. The first-order valence-corrected chi connectivity index (χ1v) is 7.67. The third-order valence-corrected chi connectivity index (χ3v) is 3.97. The van der Waals surface area contributed by atoms with Gasteiger partial charge in [0.05, 0.1) is 0 Å². The summed E-state index contributed by atoms with van der Waals surface area (Å²) in [7, 11) is 0. The van der Waals surface area contributed by atoms with Crippen molar-refractivity contribution in [2.75, 3.05) is 32.7 Å². The molecule has 0 aromatic heterocycles. The average Bonchev–Trinajstić information content (AvgIpc) is 2.86. The number of hydrogen-bond acceptors (Lipinski definition) is 3. The highest BCUT2D eigenvalue weighted by atomic mass is 16.2. The van der Waals surface area contributed by atoms with Crippen molar-refractivity contribution in [3.8, 4) is 0 Å². The van der Waals surface area contributed by atoms with Crippen LogP contribution in [0, 0.1) is 5.41 Å². The molecule has 0 bridgehead atoms. The maximum absolute atomic E-state index is 12.6. The Hall–Kier alpha value is -1.10. The summed E-state index contributed by atoms with van der Waals surface area (Å²) in [5.74, 6) is 0.273. The number of piperazine rings is 1. The van der Waals surface area contributed by atoms with Crippen molar-refractivity contribution < 1.29 is 9.59 Å². The minimum absolute atomic E-state index is 0.0255. The summed E-state index contributed by atoms with van der Waals surface area (Å²) in [5.41, 5.74) is -0.0255. The van der Waals surface area contributed by atoms with E-state index in [0.29, 0.717) is 6.42 Å². The number of nitrogens with one attached hydrogen (secondary N) is 1. The van der Waals surface area contributed by atoms with Gasteiger partial charge in [-0.15, -0.1) is 0 Å². The minimum atomic E-state index is -0.219. The maximum Gasteiger partial charge on any atom is 0.245 e. The van der Waals surface area contributed by atoms with Gasteiger partial charge in [-0.3, -0.25) is 9.59 Å². The normalized spacial score (nSPS) is 24.1. The van der Waals surface area contributed by atoms with Crippen LogP contribution in [-0.2, 0) is 9.59 Å². The van der Waals surface area contributed by atoms with E-state index in [2.05, 4.69) is 26.1 Å². The molecule has 5 heteroatoms. The van der Waals surface area contributed by atoms with Crippen molar-refractivity contribution in [2.24, 2.45) is 5.41 Å². The molecular weight excluding hydrogens is 254 g/mol. The van der Waals surface area contributed by atoms with Gasteiger partial charge >= 0.3 is 0 Å². The second-order valence-corrected chi connectivity index (χ2v) is 7.06. The fourth-order valence-electron chi connectivity index (χ4n) is 2.97. The first kappa shape index (κ1) is 15.3. The maximum atomic E-state index is 12.6. The smallest absolute Gasteiger partial charge is 0.245 e. The third-order valence-electron chi connectivity index (χ3n) is 3.97. The van der Waals surface area contributed by atoms with Gasteiger partial charge in [0.15, 0.2) is 0 Å². The summed E-state index contributed by atoms with van der Waals surface area (Å²) in [4.78, 5) is 28.7. The van der Waals surface area contributed by atoms with E-state index in [1.807, 2.05) is 9.80 Å². The van der Waals surface area contributed by atoms with Crippen LogP contribution < -0.4 is 5.32 Å². The SMILES string of the molecule is CC(C)(C)CC(=O)N1CCCC1C(=O)N1CCNCC1. The van der Waals surface area contributed by atoms with Crippen LogP contribution in [0.2, 0.25) is 0 Å². The van der Waals surface area contributed by atoms with Crippen molar-refractivity contribution in [2.45, 2.75) is 46.1 Å². The highest BCUT2D eigenvalue weighted by Gasteiger charge is 2.37. The molecule has 2 heterocycles. The Balaban J connectivity index is 1.99. The lowest BCUT2D eigenvalue weighted by molar-refractivity contribution is -0.145. The van der Waals surface area contributed by atoms with E-state index < -0.39 is 0 Å². The van der Waals surface area contributed by atoms with E-state index in [4.69, 9.17) is 0 Å². The van der Waals surface area contributed by atoms with Crippen LogP contribution in [0.1, 0.15) is 40.0 Å². The van der Waals surface area contributed by atoms with E-state index in [1.165, 1.54) is 0 Å². The molecule has 2 saturated heterocycles. The number of amides is 2. The van der Waals surface area contributed by atoms with Gasteiger partial charge in [0.1, 0.15) is 6.04 Å². The zero-order chi connectivity index (χ0) is 14.8. The molecule has 1 atom stereocenters. The van der Waals surface area contributed by atoms with Gasteiger partial charge < -0.3 is 15.1 Å². The van der Waals surface area contributed by atoms with Crippen LogP contribution in [-0.4, -0.2) is 60.4 Å². The summed E-state index contributed by atoms with van der Waals surface area (Å²) >= 11 is 0. The highest BCUT2D eigenvalue weighted by Crippen LogP contribution is 2.25. The molecule has 20 heavy (non-hydrogen) atoms. The van der Waals surface area contributed by atoms with Crippen LogP contribution in [0.5, 0.6) is 0 Å². The second kappa shape index (κ2) is 6.12. The number of likely N-dealkylation sites (tertiary alicyclic amines) is 1. The molecule has 1 unspecified atom stereocenters. The lowest BCUT2D eigenvalue weighted by Crippen LogP contribution is -2.53. The molecule has 0 aromatic rings. The second-order valence-electron chi connectivity index (χ2n) is 7.06. The summed E-state index contributed by atoms with van der Waals surface area (Å²) < 4.78 is 0. The van der Waals surface area contributed by atoms with E-state index in [0.717, 1.165) is 45.6 Å². The number of hydrogen-bond donors (Lipinski definition) is 1. The van der Waals surface area contributed by atoms with Gasteiger partial charge in [0, 0.05) is 39.1 Å². The first-order valence-electron chi connectivity index (χ1n) is 7.67. The molecule has 0 radical (unpaired) electrons. The topological polar surface area (TPSA) is 52.7 Å². The Bertz CT molecular complexity index is 370. The fraction of sp³-hybridized carbons (Fsp3) is 0.867. The van der Waals surface area contributed by atoms with Crippen molar-refractivity contribution >= 4 is 11.8 Å². The van der Waals surface area contributed by atoms with E-state index in [9.17, 15) is 9.59 Å². The van der Waals surface area contributed by atoms with Gasteiger partial charge in [0.2, 0.25) is 11.8 Å². The molecule has 2 aliphatic heterocycles. The predicted octanol–water partition coefficient (Wildman–Crippen LogP) is 0.845. The zero-order valence-corrected chi connectivity index (χ0v) is 12.9. The largest absolute Gasteiger partial charge is 0.338 e. The summed E-state index contributed by atoms with van der Waals surface area (Å²) in [6.45, 7) is 10.2. The van der Waals surface area contributed by atoms with Crippen LogP contribution >= 0.6 is 0 Å². The lowest BCUT2D eigenvalue weighted by atomic mass is 9.91. The van der Waals surface area contributed by atoms with Gasteiger partial charge in [0.25, 0.3) is 0 Å². The minimum Gasteiger partial charge on any atom is -0.338 e. The number of rotatable bonds is 2. The molecule has 0 spiro atoms. The third kappa shape index (κ3) is 3.72. The number of nitrogens with zero attached hydrogens (tertiary/aromatic N) is 2. The molecular formula is C15H27N3O2. The van der Waals surface area contributed by atoms with Crippen LogP contribution in [0.25, 0.3) is 0 Å². The first-order chi connectivity index (χ1) is 9.38. The van der Waals surface area contributed by atoms with Gasteiger partial charge in [-0.25, -0.2) is 0 Å². The summed E-state index contributed by atoms with van der Waals surface area (Å²) in [5, 5.41) is 3.25. The van der Waals surface area contributed by atoms with Gasteiger partial charge in [-0.05, 0) is 18.3 Å². The number of carbonyl (C=O) groups excluding carboxylic acids is 2. The van der Waals surface area contributed by atoms with E-state index >= 15 is 0 Å². The Morgan fingerprint density at radius 2 is 1.80 bits per heavy atom. The fourth-order valence-corrected chi connectivity index (χ4v) is 2.97. The Morgan fingerprint density at radius 1 is 1.15 bits per heavy atom. The zero-order valence-electron chi connectivity index (χ0n) is 12.9. The van der Waals surface area contributed by atoms with Crippen LogP contribution in [0.15, 0.2) is 0 Å². The molecule has 0 aromatic carbocycles. The standard InChI is InChI=1S/C15H27N3O2/c1-15(2,3)11-13(19)18-8-4-5-12(18)14(20)17-9-6-16-7-10-17/h12,16H,4-11H2,1-3H3. The molecule has 5 nitrogen and oxygen atoms in total. The van der Waals surface area contributed by atoms with E-state index in [1.54, 1.807) is 0 Å². The van der Waals surface area contributed by atoms with E-state index in [-0.39, 0.29) is 23.3 Å². The van der Waals surface area contributed by atoms with Crippen LogP contribution in [0.3, 0.4) is 0 Å². The summed E-state index contributed by atoms with van der Waals surface area (Å²) in [6.07, 6.45) is 2.27. The van der Waals surface area contributed by atoms with Crippen molar-refractivity contribution in [3.05, 3.63) is 0 Å². The summed E-state index contributed by atoms with van der Waals surface area (Å²) in [6, 6.07) is -0.219. The van der Waals surface area contributed by atoms with Gasteiger partial charge in [-0.2, -0.15) is 0 Å². The number of carbonyl (C=O) groups is 2. The van der Waals surface area contributed by atoms with Crippen LogP contribution in [0.4, 0.5) is 0 Å². The lowest BCUT2D eigenvalue weighted by Gasteiger charge is -2.33. The Morgan fingerprint density at radius 3 is 2.40 bits per heavy atom. The monoisotopic (exact) mass is 281 g/mol. The predicted molar refractivity (Wildman–Crippen MR) is 78.3 cm³/mol. The van der Waals surface area contributed by atoms with Gasteiger partial charge in [-0.1, -0.05) is 20.8 Å².